The molecule has 0 unspecified atom stereocenters. The molecule has 1 fully saturated rings. The van der Waals surface area contributed by atoms with Gasteiger partial charge in [-0.3, -0.25) is 14.7 Å². The molecule has 0 atom stereocenters. The summed E-state index contributed by atoms with van der Waals surface area (Å²) in [7, 11) is 0. The fourth-order valence-electron chi connectivity index (χ4n) is 1.73. The van der Waals surface area contributed by atoms with Crippen LogP contribution in [-0.2, 0) is 0 Å². The van der Waals surface area contributed by atoms with Gasteiger partial charge >= 0.3 is 5.69 Å². The molecule has 1 aliphatic rings. The minimum atomic E-state index is -0.595. The van der Waals surface area contributed by atoms with Crippen molar-refractivity contribution in [2.45, 2.75) is 0 Å². The Morgan fingerprint density at radius 3 is 2.76 bits per heavy atom. The Morgan fingerprint density at radius 1 is 1.29 bits per heavy atom. The van der Waals surface area contributed by atoms with Crippen LogP contribution in [0.25, 0.3) is 0 Å². The average Bonchev–Trinajstić information content (AvgIpc) is 2.33. The molecule has 0 aliphatic carbocycles. The summed E-state index contributed by atoms with van der Waals surface area (Å²) in [4.78, 5) is 26.5. The molecule has 4 N–H and O–H groups in total. The van der Waals surface area contributed by atoms with E-state index in [0.29, 0.717) is 6.54 Å². The van der Waals surface area contributed by atoms with E-state index in [1.165, 1.54) is 0 Å². The van der Waals surface area contributed by atoms with Gasteiger partial charge in [0.25, 0.3) is 5.56 Å². The molecule has 0 spiro atoms. The maximum absolute atomic E-state index is 11.3. The van der Waals surface area contributed by atoms with Gasteiger partial charge in [-0.25, -0.2) is 9.89 Å². The van der Waals surface area contributed by atoms with Crippen molar-refractivity contribution in [1.82, 2.24) is 25.4 Å². The molecular formula is C9H16N6O2. The first kappa shape index (κ1) is 11.8. The van der Waals surface area contributed by atoms with Crippen molar-refractivity contribution in [3.05, 3.63) is 20.8 Å². The highest BCUT2D eigenvalue weighted by molar-refractivity contribution is 5.28. The monoisotopic (exact) mass is 240 g/mol. The number of aromatic amines is 2. The zero-order valence-corrected chi connectivity index (χ0v) is 9.45. The first-order valence-corrected chi connectivity index (χ1v) is 5.61. The highest BCUT2D eigenvalue weighted by Gasteiger charge is 2.09. The molecule has 0 aromatic carbocycles. The largest absolute Gasteiger partial charge is 0.363 e. The predicted molar refractivity (Wildman–Crippen MR) is 63.3 cm³/mol. The Labute approximate surface area is 97.4 Å². The summed E-state index contributed by atoms with van der Waals surface area (Å²) in [6, 6.07) is 0. The molecule has 1 aliphatic heterocycles. The number of hydrogen-bond acceptors (Lipinski definition) is 6. The molecule has 8 nitrogen and oxygen atoms in total. The number of nitrogens with zero attached hydrogens (tertiary/aromatic N) is 2. The van der Waals surface area contributed by atoms with Gasteiger partial charge < -0.3 is 10.6 Å². The second-order valence-electron chi connectivity index (χ2n) is 3.87. The minimum absolute atomic E-state index is 0.153. The van der Waals surface area contributed by atoms with Gasteiger partial charge in [0.05, 0.1) is 0 Å². The van der Waals surface area contributed by atoms with E-state index < -0.39 is 11.2 Å². The lowest BCUT2D eigenvalue weighted by molar-refractivity contribution is 0.249. The third kappa shape index (κ3) is 3.40. The Kier molecular flexibility index (Phi) is 3.89. The van der Waals surface area contributed by atoms with Gasteiger partial charge in [-0.2, -0.15) is 0 Å². The molecule has 0 saturated carbocycles. The second kappa shape index (κ2) is 5.60. The van der Waals surface area contributed by atoms with Crippen molar-refractivity contribution >= 4 is 5.82 Å². The molecule has 0 bridgehead atoms. The molecule has 0 radical (unpaired) electrons. The standard InChI is InChI=1S/C9H16N6O2/c16-8-7(13-14-9(17)12-8)11-3-6-15-4-1-10-2-5-15/h10H,1-6H2,(H,11,13)(H2,12,14,16,17). The minimum Gasteiger partial charge on any atom is -0.363 e. The molecule has 1 aromatic heterocycles. The number of hydrogen-bond donors (Lipinski definition) is 4. The van der Waals surface area contributed by atoms with Crippen molar-refractivity contribution < 1.29 is 0 Å². The SMILES string of the molecule is O=c1[nH]nc(NCCN2CCNCC2)c(=O)[nH]1. The van der Waals surface area contributed by atoms with Gasteiger partial charge in [-0.05, 0) is 0 Å². The molecule has 0 amide bonds. The lowest BCUT2D eigenvalue weighted by atomic mass is 10.3. The smallest absolute Gasteiger partial charge is 0.342 e. The van der Waals surface area contributed by atoms with Crippen LogP contribution in [0, 0.1) is 0 Å². The number of nitrogens with one attached hydrogen (secondary N) is 4. The molecule has 2 rings (SSSR count). The number of aromatic nitrogens is 3. The van der Waals surface area contributed by atoms with Crippen LogP contribution >= 0.6 is 0 Å². The van der Waals surface area contributed by atoms with Crippen LogP contribution in [0.1, 0.15) is 0 Å². The van der Waals surface area contributed by atoms with Gasteiger partial charge in [-0.1, -0.05) is 0 Å². The van der Waals surface area contributed by atoms with Crippen LogP contribution in [0.3, 0.4) is 0 Å². The summed E-state index contributed by atoms with van der Waals surface area (Å²) in [5, 5.41) is 12.0. The summed E-state index contributed by atoms with van der Waals surface area (Å²) in [5.74, 6) is 0.153. The van der Waals surface area contributed by atoms with E-state index in [1.807, 2.05) is 0 Å². The fraction of sp³-hybridized carbons (Fsp3) is 0.667. The molecule has 8 heteroatoms. The van der Waals surface area contributed by atoms with E-state index in [0.717, 1.165) is 32.7 Å². The van der Waals surface area contributed by atoms with Gasteiger partial charge in [0.1, 0.15) is 0 Å². The second-order valence-corrected chi connectivity index (χ2v) is 3.87. The third-order valence-electron chi connectivity index (χ3n) is 2.64. The van der Waals surface area contributed by atoms with E-state index in [1.54, 1.807) is 0 Å². The number of piperazine rings is 1. The molecule has 17 heavy (non-hydrogen) atoms. The zero-order chi connectivity index (χ0) is 12.1. The molecule has 94 valence electrons. The van der Waals surface area contributed by atoms with Crippen molar-refractivity contribution in [3.8, 4) is 0 Å². The fourth-order valence-corrected chi connectivity index (χ4v) is 1.73. The van der Waals surface area contributed by atoms with Crippen molar-refractivity contribution in [2.24, 2.45) is 0 Å². The normalized spacial score (nSPS) is 16.9. The molecule has 1 saturated heterocycles. The maximum Gasteiger partial charge on any atom is 0.342 e. The summed E-state index contributed by atoms with van der Waals surface area (Å²) in [6.45, 7) is 5.49. The Balaban J connectivity index is 1.81. The van der Waals surface area contributed by atoms with Crippen LogP contribution in [-0.4, -0.2) is 59.3 Å². The molecular weight excluding hydrogens is 224 g/mol. The van der Waals surface area contributed by atoms with Crippen molar-refractivity contribution in [3.63, 3.8) is 0 Å². The van der Waals surface area contributed by atoms with Crippen LogP contribution in [0.4, 0.5) is 5.82 Å². The van der Waals surface area contributed by atoms with Gasteiger partial charge in [-0.15, -0.1) is 5.10 Å². The van der Waals surface area contributed by atoms with Crippen molar-refractivity contribution in [2.75, 3.05) is 44.6 Å². The molecule has 2 heterocycles. The summed E-state index contributed by atoms with van der Waals surface area (Å²) in [5.41, 5.74) is -1.09. The Bertz CT molecular complexity index is 461. The molecule has 1 aromatic rings. The van der Waals surface area contributed by atoms with Gasteiger partial charge in [0.2, 0.25) is 5.82 Å². The van der Waals surface area contributed by atoms with Crippen LogP contribution in [0.5, 0.6) is 0 Å². The van der Waals surface area contributed by atoms with Crippen molar-refractivity contribution in [1.29, 1.82) is 0 Å². The van der Waals surface area contributed by atoms with Crippen LogP contribution in [0.15, 0.2) is 9.59 Å². The first-order chi connectivity index (χ1) is 8.25. The predicted octanol–water partition coefficient (Wildman–Crippen LogP) is -2.22. The van der Waals surface area contributed by atoms with E-state index in [4.69, 9.17) is 0 Å². The summed E-state index contributed by atoms with van der Waals surface area (Å²) in [6.07, 6.45) is 0. The zero-order valence-electron chi connectivity index (χ0n) is 9.45. The van der Waals surface area contributed by atoms with Gasteiger partial charge in [0.15, 0.2) is 0 Å². The number of rotatable bonds is 4. The van der Waals surface area contributed by atoms with E-state index in [9.17, 15) is 9.59 Å². The Morgan fingerprint density at radius 2 is 2.06 bits per heavy atom. The lowest BCUT2D eigenvalue weighted by Crippen LogP contribution is -2.45. The third-order valence-corrected chi connectivity index (χ3v) is 2.64. The lowest BCUT2D eigenvalue weighted by Gasteiger charge is -2.27. The van der Waals surface area contributed by atoms with E-state index in [-0.39, 0.29) is 5.82 Å². The maximum atomic E-state index is 11.3. The Hall–Kier alpha value is -1.67. The topological polar surface area (TPSA) is 106 Å². The first-order valence-electron chi connectivity index (χ1n) is 5.61. The highest BCUT2D eigenvalue weighted by atomic mass is 16.2. The van der Waals surface area contributed by atoms with Crippen LogP contribution < -0.4 is 21.9 Å². The van der Waals surface area contributed by atoms with Crippen LogP contribution in [0.2, 0.25) is 0 Å². The van der Waals surface area contributed by atoms with Gasteiger partial charge in [0, 0.05) is 39.3 Å². The summed E-state index contributed by atoms with van der Waals surface area (Å²) >= 11 is 0. The quantitative estimate of drug-likeness (QED) is 0.475. The average molecular weight is 240 g/mol. The number of H-pyrrole nitrogens is 2. The van der Waals surface area contributed by atoms with E-state index in [2.05, 4.69) is 30.7 Å². The van der Waals surface area contributed by atoms with E-state index >= 15 is 0 Å². The highest BCUT2D eigenvalue weighted by Crippen LogP contribution is 1.92. The number of anilines is 1. The summed E-state index contributed by atoms with van der Waals surface area (Å²) < 4.78 is 0.